The standard InChI is InChI=1S/C11H18O/c1-3-7-11(12-10-4-2)8-5-6-9-11/h3-4H,1-2,5-10H2. The Hall–Kier alpha value is -0.560. The van der Waals surface area contributed by atoms with Crippen molar-refractivity contribution in [2.45, 2.75) is 37.7 Å². The molecule has 12 heavy (non-hydrogen) atoms. The van der Waals surface area contributed by atoms with Gasteiger partial charge in [-0.2, -0.15) is 0 Å². The van der Waals surface area contributed by atoms with Crippen LogP contribution in [0.4, 0.5) is 0 Å². The van der Waals surface area contributed by atoms with Crippen LogP contribution in [0.3, 0.4) is 0 Å². The second-order valence-electron chi connectivity index (χ2n) is 3.48. The van der Waals surface area contributed by atoms with Gasteiger partial charge in [0.25, 0.3) is 0 Å². The quantitative estimate of drug-likeness (QED) is 0.570. The average molecular weight is 166 g/mol. The third-order valence-electron chi connectivity index (χ3n) is 2.54. The minimum Gasteiger partial charge on any atom is -0.371 e. The first kappa shape index (κ1) is 9.53. The Morgan fingerprint density at radius 2 is 1.83 bits per heavy atom. The third-order valence-corrected chi connectivity index (χ3v) is 2.54. The second-order valence-corrected chi connectivity index (χ2v) is 3.48. The molecule has 1 rings (SSSR count). The summed E-state index contributed by atoms with van der Waals surface area (Å²) in [6.45, 7) is 8.11. The lowest BCUT2D eigenvalue weighted by atomic mass is 9.98. The van der Waals surface area contributed by atoms with E-state index in [4.69, 9.17) is 4.74 Å². The van der Waals surface area contributed by atoms with Crippen molar-refractivity contribution in [3.05, 3.63) is 25.3 Å². The van der Waals surface area contributed by atoms with E-state index in [2.05, 4.69) is 13.2 Å². The zero-order valence-electron chi connectivity index (χ0n) is 7.72. The van der Waals surface area contributed by atoms with Crippen LogP contribution in [0.5, 0.6) is 0 Å². The summed E-state index contributed by atoms with van der Waals surface area (Å²) in [5.41, 5.74) is 0.107. The fourth-order valence-electron chi connectivity index (χ4n) is 1.93. The van der Waals surface area contributed by atoms with Crippen LogP contribution in [-0.2, 0) is 4.74 Å². The Kier molecular flexibility index (Phi) is 3.54. The molecule has 0 spiro atoms. The zero-order valence-corrected chi connectivity index (χ0v) is 7.72. The van der Waals surface area contributed by atoms with E-state index in [1.165, 1.54) is 25.7 Å². The molecular weight excluding hydrogens is 148 g/mol. The van der Waals surface area contributed by atoms with Crippen molar-refractivity contribution < 1.29 is 4.74 Å². The van der Waals surface area contributed by atoms with Crippen LogP contribution in [0, 0.1) is 0 Å². The van der Waals surface area contributed by atoms with E-state index in [1.807, 2.05) is 12.2 Å². The van der Waals surface area contributed by atoms with Gasteiger partial charge in [0, 0.05) is 0 Å². The fourth-order valence-corrected chi connectivity index (χ4v) is 1.93. The lowest BCUT2D eigenvalue weighted by Crippen LogP contribution is -2.28. The maximum Gasteiger partial charge on any atom is 0.0721 e. The lowest BCUT2D eigenvalue weighted by Gasteiger charge is -2.27. The molecule has 0 radical (unpaired) electrons. The Morgan fingerprint density at radius 1 is 1.17 bits per heavy atom. The van der Waals surface area contributed by atoms with Crippen LogP contribution in [0.15, 0.2) is 25.3 Å². The van der Waals surface area contributed by atoms with Gasteiger partial charge >= 0.3 is 0 Å². The van der Waals surface area contributed by atoms with Crippen molar-refractivity contribution in [3.63, 3.8) is 0 Å². The van der Waals surface area contributed by atoms with Crippen LogP contribution < -0.4 is 0 Å². The smallest absolute Gasteiger partial charge is 0.0721 e. The first-order valence-electron chi connectivity index (χ1n) is 4.69. The highest BCUT2D eigenvalue weighted by Crippen LogP contribution is 2.36. The Morgan fingerprint density at radius 3 is 2.33 bits per heavy atom. The van der Waals surface area contributed by atoms with Crippen LogP contribution in [0.1, 0.15) is 32.1 Å². The Bertz CT molecular complexity index is 154. The molecule has 68 valence electrons. The molecule has 0 saturated heterocycles. The molecular formula is C11H18O. The topological polar surface area (TPSA) is 9.23 Å². The SMILES string of the molecule is C=CCOC1(CC=C)CCCC1. The molecule has 0 heterocycles. The minimum atomic E-state index is 0.107. The largest absolute Gasteiger partial charge is 0.371 e. The second kappa shape index (κ2) is 4.46. The molecule has 0 atom stereocenters. The van der Waals surface area contributed by atoms with E-state index >= 15 is 0 Å². The number of hydrogen-bond donors (Lipinski definition) is 0. The van der Waals surface area contributed by atoms with Crippen molar-refractivity contribution >= 4 is 0 Å². The summed E-state index contributed by atoms with van der Waals surface area (Å²) < 4.78 is 5.79. The molecule has 1 aliphatic rings. The summed E-state index contributed by atoms with van der Waals surface area (Å²) in [5, 5.41) is 0. The van der Waals surface area contributed by atoms with Crippen molar-refractivity contribution in [3.8, 4) is 0 Å². The number of ether oxygens (including phenoxy) is 1. The third kappa shape index (κ3) is 2.21. The predicted octanol–water partition coefficient (Wildman–Crippen LogP) is 3.08. The maximum absolute atomic E-state index is 5.79. The summed E-state index contributed by atoms with van der Waals surface area (Å²) in [4.78, 5) is 0. The van der Waals surface area contributed by atoms with Gasteiger partial charge in [-0.15, -0.1) is 13.2 Å². The van der Waals surface area contributed by atoms with Gasteiger partial charge in [-0.05, 0) is 19.3 Å². The molecule has 1 nitrogen and oxygen atoms in total. The van der Waals surface area contributed by atoms with Crippen LogP contribution >= 0.6 is 0 Å². The summed E-state index contributed by atoms with van der Waals surface area (Å²) in [5.74, 6) is 0. The van der Waals surface area contributed by atoms with Gasteiger partial charge < -0.3 is 4.74 Å². The summed E-state index contributed by atoms with van der Waals surface area (Å²) in [6.07, 6.45) is 9.74. The van der Waals surface area contributed by atoms with E-state index in [0.717, 1.165) is 6.42 Å². The van der Waals surface area contributed by atoms with Crippen molar-refractivity contribution in [2.24, 2.45) is 0 Å². The minimum absolute atomic E-state index is 0.107. The highest BCUT2D eigenvalue weighted by atomic mass is 16.5. The molecule has 0 bridgehead atoms. The van der Waals surface area contributed by atoms with Crippen LogP contribution in [-0.4, -0.2) is 12.2 Å². The first-order chi connectivity index (χ1) is 5.83. The summed E-state index contributed by atoms with van der Waals surface area (Å²) in [6, 6.07) is 0. The van der Waals surface area contributed by atoms with Gasteiger partial charge in [0.2, 0.25) is 0 Å². The van der Waals surface area contributed by atoms with E-state index in [1.54, 1.807) is 0 Å². The molecule has 0 aromatic rings. The summed E-state index contributed by atoms with van der Waals surface area (Å²) in [7, 11) is 0. The Balaban J connectivity index is 2.45. The highest BCUT2D eigenvalue weighted by molar-refractivity contribution is 4.92. The van der Waals surface area contributed by atoms with Crippen LogP contribution in [0.2, 0.25) is 0 Å². The van der Waals surface area contributed by atoms with E-state index in [0.29, 0.717) is 6.61 Å². The average Bonchev–Trinajstić information content (AvgIpc) is 2.51. The van der Waals surface area contributed by atoms with Crippen molar-refractivity contribution in [1.29, 1.82) is 0 Å². The van der Waals surface area contributed by atoms with E-state index in [9.17, 15) is 0 Å². The van der Waals surface area contributed by atoms with Crippen molar-refractivity contribution in [2.75, 3.05) is 6.61 Å². The molecule has 1 aliphatic carbocycles. The fraction of sp³-hybridized carbons (Fsp3) is 0.636. The molecule has 1 heteroatoms. The number of rotatable bonds is 5. The highest BCUT2D eigenvalue weighted by Gasteiger charge is 2.32. The van der Waals surface area contributed by atoms with Crippen LogP contribution in [0.25, 0.3) is 0 Å². The molecule has 0 aromatic carbocycles. The van der Waals surface area contributed by atoms with E-state index < -0.39 is 0 Å². The molecule has 0 aliphatic heterocycles. The van der Waals surface area contributed by atoms with Gasteiger partial charge in [-0.1, -0.05) is 25.0 Å². The summed E-state index contributed by atoms with van der Waals surface area (Å²) >= 11 is 0. The molecule has 0 amide bonds. The maximum atomic E-state index is 5.79. The predicted molar refractivity (Wildman–Crippen MR) is 52.2 cm³/mol. The molecule has 1 saturated carbocycles. The van der Waals surface area contributed by atoms with Gasteiger partial charge in [0.05, 0.1) is 12.2 Å². The normalized spacial score (nSPS) is 20.7. The molecule has 0 N–H and O–H groups in total. The zero-order chi connectivity index (χ0) is 8.86. The molecule has 0 unspecified atom stereocenters. The lowest BCUT2D eigenvalue weighted by molar-refractivity contribution is -0.0230. The van der Waals surface area contributed by atoms with Gasteiger partial charge in [-0.25, -0.2) is 0 Å². The molecule has 0 aromatic heterocycles. The van der Waals surface area contributed by atoms with Crippen molar-refractivity contribution in [1.82, 2.24) is 0 Å². The van der Waals surface area contributed by atoms with E-state index in [-0.39, 0.29) is 5.60 Å². The number of hydrogen-bond acceptors (Lipinski definition) is 1. The molecule has 1 fully saturated rings. The van der Waals surface area contributed by atoms with Gasteiger partial charge in [0.1, 0.15) is 0 Å². The van der Waals surface area contributed by atoms with Gasteiger partial charge in [0.15, 0.2) is 0 Å². The monoisotopic (exact) mass is 166 g/mol. The Labute approximate surface area is 75.1 Å². The van der Waals surface area contributed by atoms with Gasteiger partial charge in [-0.3, -0.25) is 0 Å². The first-order valence-corrected chi connectivity index (χ1v) is 4.69.